The number of methoxy groups -OCH3 is 2. The van der Waals surface area contributed by atoms with Gasteiger partial charge in [-0.15, -0.1) is 0 Å². The molecule has 0 aromatic heterocycles. The van der Waals surface area contributed by atoms with E-state index in [0.717, 1.165) is 0 Å². The van der Waals surface area contributed by atoms with Crippen LogP contribution < -0.4 is 9.47 Å². The molecule has 0 aliphatic rings. The number of rotatable bonds is 4. The zero-order chi connectivity index (χ0) is 12.8. The average molecular weight is 237 g/mol. The molecule has 5 nitrogen and oxygen atoms in total. The minimum atomic E-state index is -0.865. The van der Waals surface area contributed by atoms with Crippen molar-refractivity contribution in [2.24, 2.45) is 0 Å². The van der Waals surface area contributed by atoms with Crippen LogP contribution in [-0.2, 0) is 20.7 Å². The minimum Gasteiger partial charge on any atom is -0.493 e. The normalized spacial score (nSPS) is 9.59. The van der Waals surface area contributed by atoms with E-state index >= 15 is 0 Å². The SMILES string of the molecule is [CH2]C(=O)OC(=O)Cc1ccc(OC)c(OC)c1. The molecule has 1 aromatic rings. The van der Waals surface area contributed by atoms with Gasteiger partial charge in [-0.05, 0) is 17.7 Å². The molecule has 91 valence electrons. The fourth-order valence-corrected chi connectivity index (χ4v) is 1.32. The molecular formula is C12H13O5. The highest BCUT2D eigenvalue weighted by atomic mass is 16.6. The molecule has 0 amide bonds. The third-order valence-corrected chi connectivity index (χ3v) is 2.02. The van der Waals surface area contributed by atoms with Crippen molar-refractivity contribution in [3.05, 3.63) is 30.7 Å². The molecule has 1 aromatic carbocycles. The Bertz CT molecular complexity index is 425. The van der Waals surface area contributed by atoms with Crippen molar-refractivity contribution < 1.29 is 23.8 Å². The largest absolute Gasteiger partial charge is 0.493 e. The summed E-state index contributed by atoms with van der Waals surface area (Å²) in [5.41, 5.74) is 0.661. The molecule has 1 radical (unpaired) electrons. The van der Waals surface area contributed by atoms with Crippen LogP contribution in [-0.4, -0.2) is 26.2 Å². The van der Waals surface area contributed by atoms with Crippen molar-refractivity contribution >= 4 is 11.9 Å². The van der Waals surface area contributed by atoms with E-state index in [0.29, 0.717) is 17.1 Å². The molecular weight excluding hydrogens is 224 g/mol. The van der Waals surface area contributed by atoms with Gasteiger partial charge in [0.25, 0.3) is 0 Å². The van der Waals surface area contributed by atoms with E-state index in [1.807, 2.05) is 0 Å². The third kappa shape index (κ3) is 3.79. The summed E-state index contributed by atoms with van der Waals surface area (Å²) in [4.78, 5) is 21.7. The fraction of sp³-hybridized carbons (Fsp3) is 0.250. The van der Waals surface area contributed by atoms with Crippen LogP contribution in [0.4, 0.5) is 0 Å². The first-order chi connectivity index (χ1) is 8.06. The Hall–Kier alpha value is -2.04. The Morgan fingerprint density at radius 1 is 1.18 bits per heavy atom. The van der Waals surface area contributed by atoms with E-state index < -0.39 is 11.9 Å². The Morgan fingerprint density at radius 3 is 2.35 bits per heavy atom. The predicted molar refractivity (Wildman–Crippen MR) is 59.7 cm³/mol. The molecule has 0 aliphatic heterocycles. The van der Waals surface area contributed by atoms with Gasteiger partial charge in [0.1, 0.15) is 0 Å². The lowest BCUT2D eigenvalue weighted by molar-refractivity contribution is -0.155. The summed E-state index contributed by atoms with van der Waals surface area (Å²) >= 11 is 0. The molecule has 0 spiro atoms. The first kappa shape index (κ1) is 13.0. The van der Waals surface area contributed by atoms with Gasteiger partial charge in [-0.3, -0.25) is 9.59 Å². The average Bonchev–Trinajstić information content (AvgIpc) is 2.27. The molecule has 0 bridgehead atoms. The van der Waals surface area contributed by atoms with Gasteiger partial charge in [0.2, 0.25) is 0 Å². The quantitative estimate of drug-likeness (QED) is 0.580. The molecule has 0 N–H and O–H groups in total. The molecule has 0 saturated carbocycles. The molecule has 0 heterocycles. The molecule has 0 unspecified atom stereocenters. The highest BCUT2D eigenvalue weighted by molar-refractivity contribution is 5.88. The molecule has 0 atom stereocenters. The highest BCUT2D eigenvalue weighted by Gasteiger charge is 2.10. The summed E-state index contributed by atoms with van der Waals surface area (Å²) in [6, 6.07) is 5.01. The van der Waals surface area contributed by atoms with Gasteiger partial charge in [-0.2, -0.15) is 0 Å². The molecule has 0 saturated heterocycles. The minimum absolute atomic E-state index is 0.0262. The number of carbonyl (C=O) groups excluding carboxylic acids is 2. The number of esters is 2. The maximum Gasteiger partial charge on any atom is 0.317 e. The summed E-state index contributed by atoms with van der Waals surface area (Å²) < 4.78 is 14.5. The third-order valence-electron chi connectivity index (χ3n) is 2.02. The zero-order valence-electron chi connectivity index (χ0n) is 9.69. The van der Waals surface area contributed by atoms with E-state index in [9.17, 15) is 9.59 Å². The summed E-state index contributed by atoms with van der Waals surface area (Å²) in [5, 5.41) is 0. The maximum atomic E-state index is 11.2. The van der Waals surface area contributed by atoms with Crippen LogP contribution in [0.15, 0.2) is 18.2 Å². The summed E-state index contributed by atoms with van der Waals surface area (Å²) in [6.07, 6.45) is -0.0262. The maximum absolute atomic E-state index is 11.2. The van der Waals surface area contributed by atoms with Crippen LogP contribution >= 0.6 is 0 Å². The van der Waals surface area contributed by atoms with Gasteiger partial charge in [-0.1, -0.05) is 6.07 Å². The van der Waals surface area contributed by atoms with E-state index in [2.05, 4.69) is 11.7 Å². The van der Waals surface area contributed by atoms with E-state index in [-0.39, 0.29) is 6.42 Å². The topological polar surface area (TPSA) is 61.8 Å². The van der Waals surface area contributed by atoms with Gasteiger partial charge in [-0.25, -0.2) is 0 Å². The number of hydrogen-bond acceptors (Lipinski definition) is 5. The predicted octanol–water partition coefficient (Wildman–Crippen LogP) is 1.15. The second kappa shape index (κ2) is 5.89. The number of benzene rings is 1. The summed E-state index contributed by atoms with van der Waals surface area (Å²) in [6.45, 7) is 2.95. The van der Waals surface area contributed by atoms with Crippen molar-refractivity contribution in [1.82, 2.24) is 0 Å². The first-order valence-electron chi connectivity index (χ1n) is 4.84. The number of carbonyl (C=O) groups is 2. The molecule has 1 rings (SSSR count). The van der Waals surface area contributed by atoms with Gasteiger partial charge >= 0.3 is 11.9 Å². The van der Waals surface area contributed by atoms with Crippen molar-refractivity contribution in [1.29, 1.82) is 0 Å². The van der Waals surface area contributed by atoms with Crippen LogP contribution in [0.1, 0.15) is 5.56 Å². The lowest BCUT2D eigenvalue weighted by atomic mass is 10.1. The van der Waals surface area contributed by atoms with Crippen LogP contribution in [0.25, 0.3) is 0 Å². The standard InChI is InChI=1S/C12H13O5/c1-8(13)17-12(14)7-9-4-5-10(15-2)11(6-9)16-3/h4-6H,1,7H2,2-3H3. The van der Waals surface area contributed by atoms with Crippen molar-refractivity contribution in [3.63, 3.8) is 0 Å². The Kier molecular flexibility index (Phi) is 4.51. The zero-order valence-corrected chi connectivity index (χ0v) is 9.69. The monoisotopic (exact) mass is 237 g/mol. The lowest BCUT2D eigenvalue weighted by Gasteiger charge is -2.08. The molecule has 0 aliphatic carbocycles. The summed E-state index contributed by atoms with van der Waals surface area (Å²) in [5.74, 6) is -0.440. The Morgan fingerprint density at radius 2 is 1.82 bits per heavy atom. The van der Waals surface area contributed by atoms with Crippen molar-refractivity contribution in [2.75, 3.05) is 14.2 Å². The molecule has 5 heteroatoms. The van der Waals surface area contributed by atoms with Crippen molar-refractivity contribution in [2.45, 2.75) is 6.42 Å². The van der Waals surface area contributed by atoms with Crippen LogP contribution in [0.3, 0.4) is 0 Å². The van der Waals surface area contributed by atoms with E-state index in [1.54, 1.807) is 18.2 Å². The smallest absolute Gasteiger partial charge is 0.317 e. The van der Waals surface area contributed by atoms with Gasteiger partial charge in [0.05, 0.1) is 27.6 Å². The van der Waals surface area contributed by atoms with E-state index in [4.69, 9.17) is 9.47 Å². The second-order valence-corrected chi connectivity index (χ2v) is 3.21. The summed E-state index contributed by atoms with van der Waals surface area (Å²) in [7, 11) is 3.02. The van der Waals surface area contributed by atoms with Gasteiger partial charge < -0.3 is 14.2 Å². The van der Waals surface area contributed by atoms with E-state index in [1.165, 1.54) is 14.2 Å². The Labute approximate surface area is 99.3 Å². The molecule has 0 fully saturated rings. The van der Waals surface area contributed by atoms with Gasteiger partial charge in [0.15, 0.2) is 11.5 Å². The number of hydrogen-bond donors (Lipinski definition) is 0. The fourth-order valence-electron chi connectivity index (χ4n) is 1.32. The second-order valence-electron chi connectivity index (χ2n) is 3.21. The van der Waals surface area contributed by atoms with Crippen molar-refractivity contribution in [3.8, 4) is 11.5 Å². The van der Waals surface area contributed by atoms with Crippen LogP contribution in [0.5, 0.6) is 11.5 Å². The molecule has 17 heavy (non-hydrogen) atoms. The Balaban J connectivity index is 2.79. The van der Waals surface area contributed by atoms with Crippen LogP contribution in [0.2, 0.25) is 0 Å². The highest BCUT2D eigenvalue weighted by Crippen LogP contribution is 2.27. The first-order valence-corrected chi connectivity index (χ1v) is 4.84. The lowest BCUT2D eigenvalue weighted by Crippen LogP contribution is -2.11. The number of ether oxygens (including phenoxy) is 3. The van der Waals surface area contributed by atoms with Crippen LogP contribution in [0, 0.1) is 6.92 Å². The van der Waals surface area contributed by atoms with Gasteiger partial charge in [0, 0.05) is 0 Å².